The second kappa shape index (κ2) is 8.12. The number of benzene rings is 3. The quantitative estimate of drug-likeness (QED) is 0.403. The number of rotatable bonds is 5. The van der Waals surface area contributed by atoms with Gasteiger partial charge in [-0.15, -0.1) is 10.2 Å². The van der Waals surface area contributed by atoms with Gasteiger partial charge in [-0.25, -0.2) is 0 Å². The summed E-state index contributed by atoms with van der Waals surface area (Å²) in [5, 5.41) is 18.1. The van der Waals surface area contributed by atoms with Crippen LogP contribution in [0.25, 0.3) is 22.6 Å². The van der Waals surface area contributed by atoms with Gasteiger partial charge in [-0.05, 0) is 41.8 Å². The summed E-state index contributed by atoms with van der Waals surface area (Å²) in [5.41, 5.74) is 5.90. The van der Waals surface area contributed by atoms with E-state index in [4.69, 9.17) is 4.42 Å². The third kappa shape index (κ3) is 3.98. The van der Waals surface area contributed by atoms with E-state index in [0.717, 1.165) is 33.6 Å². The molecule has 1 heterocycles. The van der Waals surface area contributed by atoms with Crippen molar-refractivity contribution in [2.45, 2.75) is 17.9 Å². The van der Waals surface area contributed by atoms with Crippen LogP contribution in [0.5, 0.6) is 0 Å². The number of aryl methyl sites for hydroxylation is 1. The molecule has 0 radical (unpaired) electrons. The first-order chi connectivity index (χ1) is 13.7. The molecule has 4 aromatic rings. The Bertz CT molecular complexity index is 1140. The summed E-state index contributed by atoms with van der Waals surface area (Å²) in [6, 6.07) is 26.1. The Morgan fingerprint density at radius 1 is 0.929 bits per heavy atom. The standard InChI is InChI=1S/C23H17N3OS/c1-16-5-4-7-19(13-16)22-25-26-23(27-22)28-15-17-9-11-18(12-10-17)21-8-3-2-6-20(21)14-24/h2-13H,15H2,1H3. The van der Waals surface area contributed by atoms with Gasteiger partial charge in [0, 0.05) is 11.3 Å². The van der Waals surface area contributed by atoms with Crippen molar-refractivity contribution in [3.63, 3.8) is 0 Å². The zero-order valence-corrected chi connectivity index (χ0v) is 16.1. The third-order valence-electron chi connectivity index (χ3n) is 4.35. The molecule has 136 valence electrons. The summed E-state index contributed by atoms with van der Waals surface area (Å²) >= 11 is 1.51. The fourth-order valence-electron chi connectivity index (χ4n) is 2.92. The van der Waals surface area contributed by atoms with Crippen molar-refractivity contribution in [3.05, 3.63) is 89.5 Å². The van der Waals surface area contributed by atoms with Gasteiger partial charge in [0.2, 0.25) is 5.89 Å². The van der Waals surface area contributed by atoms with Crippen LogP contribution in [-0.2, 0) is 5.75 Å². The number of hydrogen-bond acceptors (Lipinski definition) is 5. The maximum absolute atomic E-state index is 9.27. The van der Waals surface area contributed by atoms with Crippen LogP contribution in [0.1, 0.15) is 16.7 Å². The molecule has 0 aliphatic heterocycles. The molecule has 0 atom stereocenters. The van der Waals surface area contributed by atoms with Crippen LogP contribution in [0.2, 0.25) is 0 Å². The van der Waals surface area contributed by atoms with Crippen LogP contribution in [0.15, 0.2) is 82.4 Å². The smallest absolute Gasteiger partial charge is 0.277 e. The second-order valence-electron chi connectivity index (χ2n) is 6.39. The molecule has 0 aliphatic rings. The van der Waals surface area contributed by atoms with E-state index in [-0.39, 0.29) is 0 Å². The molecule has 28 heavy (non-hydrogen) atoms. The molecule has 0 aliphatic carbocycles. The Hall–Kier alpha value is -3.36. The average molecular weight is 383 g/mol. The fourth-order valence-corrected chi connectivity index (χ4v) is 3.64. The summed E-state index contributed by atoms with van der Waals surface area (Å²) < 4.78 is 5.77. The fraction of sp³-hybridized carbons (Fsp3) is 0.0870. The highest BCUT2D eigenvalue weighted by Crippen LogP contribution is 2.28. The largest absolute Gasteiger partial charge is 0.411 e. The molecule has 0 spiro atoms. The van der Waals surface area contributed by atoms with E-state index in [2.05, 4.69) is 28.4 Å². The lowest BCUT2D eigenvalue weighted by atomic mass is 10.00. The normalized spacial score (nSPS) is 10.6. The zero-order valence-electron chi connectivity index (χ0n) is 15.3. The maximum atomic E-state index is 9.27. The Kier molecular flexibility index (Phi) is 5.22. The van der Waals surface area contributed by atoms with E-state index < -0.39 is 0 Å². The minimum atomic E-state index is 0.537. The molecule has 5 heteroatoms. The van der Waals surface area contributed by atoms with Gasteiger partial charge in [0.15, 0.2) is 0 Å². The number of hydrogen-bond donors (Lipinski definition) is 0. The Balaban J connectivity index is 1.44. The van der Waals surface area contributed by atoms with E-state index in [9.17, 15) is 5.26 Å². The lowest BCUT2D eigenvalue weighted by molar-refractivity contribution is 0.466. The third-order valence-corrected chi connectivity index (χ3v) is 5.24. The van der Waals surface area contributed by atoms with Gasteiger partial charge in [0.25, 0.3) is 5.22 Å². The molecule has 0 unspecified atom stereocenters. The van der Waals surface area contributed by atoms with Crippen LogP contribution in [0.4, 0.5) is 0 Å². The lowest BCUT2D eigenvalue weighted by Gasteiger charge is -2.05. The topological polar surface area (TPSA) is 62.7 Å². The summed E-state index contributed by atoms with van der Waals surface area (Å²) in [4.78, 5) is 0. The molecular weight excluding hydrogens is 366 g/mol. The number of nitriles is 1. The van der Waals surface area contributed by atoms with Crippen LogP contribution in [0.3, 0.4) is 0 Å². The molecule has 0 fully saturated rings. The molecule has 0 N–H and O–H groups in total. The van der Waals surface area contributed by atoms with Gasteiger partial charge in [0.1, 0.15) is 0 Å². The molecule has 0 saturated carbocycles. The number of thioether (sulfide) groups is 1. The highest BCUT2D eigenvalue weighted by atomic mass is 32.2. The zero-order chi connectivity index (χ0) is 19.3. The van der Waals surface area contributed by atoms with Gasteiger partial charge in [-0.1, -0.05) is 71.9 Å². The average Bonchev–Trinajstić information content (AvgIpc) is 3.22. The minimum Gasteiger partial charge on any atom is -0.411 e. The molecule has 4 nitrogen and oxygen atoms in total. The van der Waals surface area contributed by atoms with Crippen LogP contribution >= 0.6 is 11.8 Å². The van der Waals surface area contributed by atoms with Gasteiger partial charge < -0.3 is 4.42 Å². The Morgan fingerprint density at radius 2 is 1.75 bits per heavy atom. The molecule has 3 aromatic carbocycles. The molecule has 0 bridgehead atoms. The highest BCUT2D eigenvalue weighted by Gasteiger charge is 2.10. The van der Waals surface area contributed by atoms with Crippen LogP contribution < -0.4 is 0 Å². The second-order valence-corrected chi connectivity index (χ2v) is 7.31. The molecular formula is C23H17N3OS. The predicted octanol–water partition coefficient (Wildman–Crippen LogP) is 5.88. The van der Waals surface area contributed by atoms with Crippen molar-refractivity contribution in [2.75, 3.05) is 0 Å². The minimum absolute atomic E-state index is 0.537. The Morgan fingerprint density at radius 3 is 2.54 bits per heavy atom. The van der Waals surface area contributed by atoms with Crippen molar-refractivity contribution in [1.29, 1.82) is 5.26 Å². The van der Waals surface area contributed by atoms with Gasteiger partial charge in [0.05, 0.1) is 11.6 Å². The van der Waals surface area contributed by atoms with E-state index in [1.165, 1.54) is 11.8 Å². The number of aromatic nitrogens is 2. The summed E-state index contributed by atoms with van der Waals surface area (Å²) in [7, 11) is 0. The van der Waals surface area contributed by atoms with Crippen molar-refractivity contribution in [2.24, 2.45) is 0 Å². The first kappa shape index (κ1) is 18.0. The van der Waals surface area contributed by atoms with Crippen molar-refractivity contribution >= 4 is 11.8 Å². The van der Waals surface area contributed by atoms with Crippen molar-refractivity contribution in [3.8, 4) is 28.7 Å². The van der Waals surface area contributed by atoms with Crippen molar-refractivity contribution in [1.82, 2.24) is 10.2 Å². The lowest BCUT2D eigenvalue weighted by Crippen LogP contribution is -1.85. The summed E-state index contributed by atoms with van der Waals surface area (Å²) in [5.74, 6) is 1.27. The first-order valence-corrected chi connectivity index (χ1v) is 9.83. The molecule has 0 amide bonds. The van der Waals surface area contributed by atoms with E-state index in [1.807, 2.05) is 67.6 Å². The first-order valence-electron chi connectivity index (χ1n) is 8.85. The summed E-state index contributed by atoms with van der Waals surface area (Å²) in [6.07, 6.45) is 0. The number of nitrogens with zero attached hydrogens (tertiary/aromatic N) is 3. The predicted molar refractivity (Wildman–Crippen MR) is 111 cm³/mol. The van der Waals surface area contributed by atoms with Gasteiger partial charge in [-0.2, -0.15) is 5.26 Å². The molecule has 0 saturated heterocycles. The van der Waals surface area contributed by atoms with Gasteiger partial charge >= 0.3 is 0 Å². The molecule has 1 aromatic heterocycles. The SMILES string of the molecule is Cc1cccc(-c2nnc(SCc3ccc(-c4ccccc4C#N)cc3)o2)c1. The van der Waals surface area contributed by atoms with E-state index >= 15 is 0 Å². The summed E-state index contributed by atoms with van der Waals surface area (Å²) in [6.45, 7) is 2.04. The maximum Gasteiger partial charge on any atom is 0.277 e. The highest BCUT2D eigenvalue weighted by molar-refractivity contribution is 7.98. The molecule has 4 rings (SSSR count). The monoisotopic (exact) mass is 383 g/mol. The van der Waals surface area contributed by atoms with Crippen LogP contribution in [-0.4, -0.2) is 10.2 Å². The Labute approximate surface area is 167 Å². The van der Waals surface area contributed by atoms with E-state index in [0.29, 0.717) is 16.7 Å². The van der Waals surface area contributed by atoms with E-state index in [1.54, 1.807) is 0 Å². The van der Waals surface area contributed by atoms with Crippen molar-refractivity contribution < 1.29 is 4.42 Å². The van der Waals surface area contributed by atoms with Crippen LogP contribution in [0, 0.1) is 18.3 Å². The van der Waals surface area contributed by atoms with Gasteiger partial charge in [-0.3, -0.25) is 0 Å².